The number of esters is 1. The van der Waals surface area contributed by atoms with Crippen molar-refractivity contribution >= 4 is 23.3 Å². The van der Waals surface area contributed by atoms with Gasteiger partial charge in [-0.25, -0.2) is 9.78 Å². The molecule has 0 spiro atoms. The summed E-state index contributed by atoms with van der Waals surface area (Å²) < 4.78 is 6.96. The number of nitrogens with zero attached hydrogens (tertiary/aromatic N) is 3. The van der Waals surface area contributed by atoms with Crippen LogP contribution in [0.1, 0.15) is 31.9 Å². The van der Waals surface area contributed by atoms with Gasteiger partial charge in [0.2, 0.25) is 0 Å². The summed E-state index contributed by atoms with van der Waals surface area (Å²) in [6, 6.07) is 7.62. The van der Waals surface area contributed by atoms with Crippen molar-refractivity contribution in [2.75, 3.05) is 13.7 Å². The smallest absolute Gasteiger partial charge is 0.337 e. The molecule has 1 aromatic carbocycles. The van der Waals surface area contributed by atoms with Gasteiger partial charge in [0.1, 0.15) is 0 Å². The largest absolute Gasteiger partial charge is 0.466 e. The number of benzene rings is 1. The zero-order valence-corrected chi connectivity index (χ0v) is 15.9. The second-order valence-electron chi connectivity index (χ2n) is 6.09. The quantitative estimate of drug-likeness (QED) is 0.645. The topological polar surface area (TPSA) is 59.4 Å². The van der Waals surface area contributed by atoms with E-state index in [1.165, 1.54) is 7.11 Å². The van der Waals surface area contributed by atoms with Gasteiger partial charge in [0, 0.05) is 30.3 Å². The summed E-state index contributed by atoms with van der Waals surface area (Å²) >= 11 is 5.53. The molecule has 0 radical (unpaired) electrons. The van der Waals surface area contributed by atoms with E-state index in [0.29, 0.717) is 10.7 Å². The van der Waals surface area contributed by atoms with Crippen LogP contribution in [0.3, 0.4) is 0 Å². The number of carbonyl (C=O) groups is 1. The molecule has 0 unspecified atom stereocenters. The van der Waals surface area contributed by atoms with Crippen molar-refractivity contribution in [1.29, 1.82) is 0 Å². The lowest BCUT2D eigenvalue weighted by atomic mass is 9.94. The van der Waals surface area contributed by atoms with Crippen LogP contribution in [0.4, 0.5) is 0 Å². The summed E-state index contributed by atoms with van der Waals surface area (Å²) in [6.45, 7) is 4.75. The Labute approximate surface area is 158 Å². The minimum absolute atomic E-state index is 0.333. The van der Waals surface area contributed by atoms with Gasteiger partial charge in [-0.2, -0.15) is 0 Å². The van der Waals surface area contributed by atoms with Crippen molar-refractivity contribution in [3.05, 3.63) is 59.8 Å². The summed E-state index contributed by atoms with van der Waals surface area (Å²) in [5.74, 6) is -0.345. The molecule has 2 aromatic rings. The molecule has 0 fully saturated rings. The number of carbonyl (C=O) groups excluding carboxylic acids is 1. The van der Waals surface area contributed by atoms with Gasteiger partial charge in [0.25, 0.3) is 0 Å². The first-order chi connectivity index (χ1) is 12.6. The van der Waals surface area contributed by atoms with E-state index >= 15 is 0 Å². The predicted octanol–water partition coefficient (Wildman–Crippen LogP) is 2.96. The SMILES string of the molecule is CCCN1C(=S)N[C@@H](c2ccc(-n3ccnc3)cc2)C(C(=O)OC)=C1C. The highest BCUT2D eigenvalue weighted by Crippen LogP contribution is 2.31. The van der Waals surface area contributed by atoms with E-state index in [4.69, 9.17) is 17.0 Å². The van der Waals surface area contributed by atoms with Crippen LogP contribution in [-0.2, 0) is 9.53 Å². The summed E-state index contributed by atoms with van der Waals surface area (Å²) in [4.78, 5) is 18.5. The monoisotopic (exact) mass is 370 g/mol. The van der Waals surface area contributed by atoms with Gasteiger partial charge in [-0.1, -0.05) is 19.1 Å². The van der Waals surface area contributed by atoms with Crippen LogP contribution >= 0.6 is 12.2 Å². The lowest BCUT2D eigenvalue weighted by molar-refractivity contribution is -0.136. The number of aromatic nitrogens is 2. The number of rotatable bonds is 5. The van der Waals surface area contributed by atoms with Crippen molar-refractivity contribution in [2.45, 2.75) is 26.3 Å². The van der Waals surface area contributed by atoms with Crippen LogP contribution in [0.15, 0.2) is 54.3 Å². The number of hydrogen-bond acceptors (Lipinski definition) is 4. The van der Waals surface area contributed by atoms with Gasteiger partial charge >= 0.3 is 5.97 Å². The lowest BCUT2D eigenvalue weighted by Crippen LogP contribution is -2.48. The highest BCUT2D eigenvalue weighted by atomic mass is 32.1. The number of ether oxygens (including phenoxy) is 1. The van der Waals surface area contributed by atoms with Crippen molar-refractivity contribution in [3.8, 4) is 5.69 Å². The third-order valence-corrected chi connectivity index (χ3v) is 4.82. The maximum absolute atomic E-state index is 12.5. The number of thiocarbonyl (C=S) groups is 1. The second-order valence-corrected chi connectivity index (χ2v) is 6.47. The van der Waals surface area contributed by atoms with Crippen LogP contribution in [0.25, 0.3) is 5.69 Å². The Bertz CT molecular complexity index is 828. The van der Waals surface area contributed by atoms with Crippen molar-refractivity contribution in [2.24, 2.45) is 0 Å². The molecule has 1 N–H and O–H groups in total. The van der Waals surface area contributed by atoms with E-state index in [2.05, 4.69) is 17.2 Å². The maximum atomic E-state index is 12.5. The molecule has 0 saturated heterocycles. The molecule has 6 nitrogen and oxygen atoms in total. The first-order valence-corrected chi connectivity index (χ1v) is 8.93. The van der Waals surface area contributed by atoms with Crippen LogP contribution in [0.5, 0.6) is 0 Å². The molecule has 1 aliphatic rings. The van der Waals surface area contributed by atoms with Gasteiger partial charge in [0.15, 0.2) is 5.11 Å². The first kappa shape index (κ1) is 18.1. The molecule has 26 heavy (non-hydrogen) atoms. The number of allylic oxidation sites excluding steroid dienone is 1. The second kappa shape index (κ2) is 7.70. The third-order valence-electron chi connectivity index (χ3n) is 4.48. The molecule has 136 valence electrons. The van der Waals surface area contributed by atoms with Gasteiger partial charge in [-0.05, 0) is 43.3 Å². The van der Waals surface area contributed by atoms with Crippen LogP contribution in [0.2, 0.25) is 0 Å². The first-order valence-electron chi connectivity index (χ1n) is 8.52. The Morgan fingerprint density at radius 3 is 2.65 bits per heavy atom. The third kappa shape index (κ3) is 3.35. The lowest BCUT2D eigenvalue weighted by Gasteiger charge is -2.37. The number of methoxy groups -OCH3 is 1. The zero-order valence-electron chi connectivity index (χ0n) is 15.1. The molecule has 7 heteroatoms. The number of imidazole rings is 1. The van der Waals surface area contributed by atoms with E-state index in [9.17, 15) is 4.79 Å². The molecule has 0 aliphatic carbocycles. The fourth-order valence-electron chi connectivity index (χ4n) is 3.15. The Kier molecular flexibility index (Phi) is 5.37. The molecule has 1 atom stereocenters. The highest BCUT2D eigenvalue weighted by Gasteiger charge is 2.34. The molecule has 0 bridgehead atoms. The molecule has 2 heterocycles. The Morgan fingerprint density at radius 1 is 1.35 bits per heavy atom. The van der Waals surface area contributed by atoms with Crippen molar-refractivity contribution < 1.29 is 9.53 Å². The fraction of sp³-hybridized carbons (Fsp3) is 0.316. The average molecular weight is 370 g/mol. The van der Waals surface area contributed by atoms with Crippen molar-refractivity contribution in [3.63, 3.8) is 0 Å². The number of hydrogen-bond donors (Lipinski definition) is 1. The molecule has 3 rings (SSSR count). The highest BCUT2D eigenvalue weighted by molar-refractivity contribution is 7.80. The average Bonchev–Trinajstić information content (AvgIpc) is 3.19. The Morgan fingerprint density at radius 2 is 2.08 bits per heavy atom. The maximum Gasteiger partial charge on any atom is 0.337 e. The summed E-state index contributed by atoms with van der Waals surface area (Å²) in [5.41, 5.74) is 3.38. The van der Waals surface area contributed by atoms with E-state index in [-0.39, 0.29) is 12.0 Å². The fourth-order valence-corrected chi connectivity index (χ4v) is 3.50. The number of nitrogens with one attached hydrogen (secondary N) is 1. The Balaban J connectivity index is 1.99. The molecular formula is C19H22N4O2S. The van der Waals surface area contributed by atoms with E-state index in [1.54, 1.807) is 12.5 Å². The van der Waals surface area contributed by atoms with Crippen LogP contribution < -0.4 is 5.32 Å². The minimum atomic E-state index is -0.345. The van der Waals surface area contributed by atoms with E-state index in [1.807, 2.05) is 46.9 Å². The van der Waals surface area contributed by atoms with Gasteiger partial charge in [-0.15, -0.1) is 0 Å². The molecule has 0 amide bonds. The predicted molar refractivity (Wildman–Crippen MR) is 104 cm³/mol. The van der Waals surface area contributed by atoms with Crippen molar-refractivity contribution in [1.82, 2.24) is 19.8 Å². The molecule has 0 saturated carbocycles. The summed E-state index contributed by atoms with van der Waals surface area (Å²) in [5, 5.41) is 3.92. The minimum Gasteiger partial charge on any atom is -0.466 e. The van der Waals surface area contributed by atoms with Crippen LogP contribution in [0, 0.1) is 0 Å². The zero-order chi connectivity index (χ0) is 18.7. The Hall–Kier alpha value is -2.67. The molecule has 1 aliphatic heterocycles. The summed E-state index contributed by atoms with van der Waals surface area (Å²) in [6.07, 6.45) is 6.29. The molecule has 1 aromatic heterocycles. The standard InChI is InChI=1S/C19H22N4O2S/c1-4-10-23-13(2)16(18(24)25-3)17(21-19(23)26)14-5-7-15(8-6-14)22-11-9-20-12-22/h5-9,11-12,17H,4,10H2,1-3H3,(H,21,26)/t17-/m0/s1. The van der Waals surface area contributed by atoms with Crippen LogP contribution in [-0.4, -0.2) is 39.2 Å². The van der Waals surface area contributed by atoms with Gasteiger partial charge in [0.05, 0.1) is 25.1 Å². The van der Waals surface area contributed by atoms with Gasteiger partial charge in [-0.3, -0.25) is 0 Å². The summed E-state index contributed by atoms with van der Waals surface area (Å²) in [7, 11) is 1.40. The van der Waals surface area contributed by atoms with E-state index in [0.717, 1.165) is 29.9 Å². The van der Waals surface area contributed by atoms with Gasteiger partial charge < -0.3 is 19.5 Å². The normalized spacial score (nSPS) is 17.3. The molecular weight excluding hydrogens is 348 g/mol. The van der Waals surface area contributed by atoms with E-state index < -0.39 is 0 Å².